The minimum atomic E-state index is 0.506. The normalized spacial score (nSPS) is 11.3. The maximum atomic E-state index is 5.26. The molecule has 3 aromatic rings. The highest BCUT2D eigenvalue weighted by atomic mass is 32.2. The molecule has 3 rings (SSSR count). The number of hydrogen-bond acceptors (Lipinski definition) is 7. The van der Waals surface area contributed by atoms with E-state index in [9.17, 15) is 0 Å². The number of benzene rings is 1. The van der Waals surface area contributed by atoms with Crippen molar-refractivity contribution in [1.82, 2.24) is 30.3 Å². The monoisotopic (exact) mass is 330 g/mol. The van der Waals surface area contributed by atoms with Gasteiger partial charge in [0.2, 0.25) is 11.0 Å². The molecule has 0 aliphatic heterocycles. The van der Waals surface area contributed by atoms with Crippen LogP contribution in [-0.2, 0) is 18.7 Å². The highest BCUT2D eigenvalue weighted by Gasteiger charge is 2.12. The van der Waals surface area contributed by atoms with Crippen molar-refractivity contribution in [3.63, 3.8) is 0 Å². The smallest absolute Gasteiger partial charge is 0.237 e. The van der Waals surface area contributed by atoms with Gasteiger partial charge in [0, 0.05) is 6.42 Å². The SMILES string of the molecule is CC(C)Cc1noc(CSc2nnnn2Cc2ccccc2)n1. The fourth-order valence-electron chi connectivity index (χ4n) is 2.08. The molecule has 2 heterocycles. The Morgan fingerprint density at radius 1 is 1.22 bits per heavy atom. The van der Waals surface area contributed by atoms with E-state index in [4.69, 9.17) is 4.52 Å². The van der Waals surface area contributed by atoms with E-state index in [1.807, 2.05) is 30.3 Å². The van der Waals surface area contributed by atoms with Gasteiger partial charge in [-0.3, -0.25) is 0 Å². The Morgan fingerprint density at radius 2 is 2.04 bits per heavy atom. The van der Waals surface area contributed by atoms with Crippen LogP contribution in [0.2, 0.25) is 0 Å². The average molecular weight is 330 g/mol. The predicted octanol–water partition coefficient (Wildman–Crippen LogP) is 2.60. The molecule has 0 unspecified atom stereocenters. The molecule has 0 atom stereocenters. The van der Waals surface area contributed by atoms with Crippen molar-refractivity contribution in [2.45, 2.75) is 37.7 Å². The minimum absolute atomic E-state index is 0.506. The van der Waals surface area contributed by atoms with Gasteiger partial charge in [0.15, 0.2) is 5.82 Å². The molecule has 0 aliphatic carbocycles. The molecule has 120 valence electrons. The van der Waals surface area contributed by atoms with Gasteiger partial charge >= 0.3 is 0 Å². The minimum Gasteiger partial charge on any atom is -0.338 e. The quantitative estimate of drug-likeness (QED) is 0.616. The molecule has 0 fully saturated rings. The Morgan fingerprint density at radius 3 is 2.83 bits per heavy atom. The van der Waals surface area contributed by atoms with E-state index in [0.29, 0.717) is 24.1 Å². The molecule has 23 heavy (non-hydrogen) atoms. The van der Waals surface area contributed by atoms with Gasteiger partial charge in [-0.1, -0.05) is 61.1 Å². The van der Waals surface area contributed by atoms with E-state index in [1.165, 1.54) is 11.8 Å². The van der Waals surface area contributed by atoms with Gasteiger partial charge in [0.25, 0.3) is 0 Å². The predicted molar refractivity (Wildman–Crippen MR) is 85.8 cm³/mol. The van der Waals surface area contributed by atoms with Crippen molar-refractivity contribution in [1.29, 1.82) is 0 Å². The van der Waals surface area contributed by atoms with Crippen molar-refractivity contribution < 1.29 is 4.52 Å². The number of nitrogens with zero attached hydrogens (tertiary/aromatic N) is 6. The summed E-state index contributed by atoms with van der Waals surface area (Å²) < 4.78 is 7.03. The summed E-state index contributed by atoms with van der Waals surface area (Å²) in [4.78, 5) is 4.39. The Labute approximate surface area is 138 Å². The van der Waals surface area contributed by atoms with Crippen LogP contribution >= 0.6 is 11.8 Å². The van der Waals surface area contributed by atoms with E-state index in [1.54, 1.807) is 4.68 Å². The summed E-state index contributed by atoms with van der Waals surface area (Å²) in [6.07, 6.45) is 0.819. The first kappa shape index (κ1) is 15.7. The average Bonchev–Trinajstić information content (AvgIpc) is 3.15. The second kappa shape index (κ2) is 7.36. The molecule has 0 amide bonds. The first-order chi connectivity index (χ1) is 11.2. The molecule has 0 radical (unpaired) electrons. The van der Waals surface area contributed by atoms with Crippen LogP contribution in [0.25, 0.3) is 0 Å². The second-order valence-electron chi connectivity index (χ2n) is 5.60. The van der Waals surface area contributed by atoms with E-state index in [-0.39, 0.29) is 0 Å². The topological polar surface area (TPSA) is 82.5 Å². The standard InChI is InChI=1S/C15H18N6OS/c1-11(2)8-13-16-14(22-18-13)10-23-15-17-19-20-21(15)9-12-6-4-3-5-7-12/h3-7,11H,8-10H2,1-2H3. The first-order valence-corrected chi connectivity index (χ1v) is 8.43. The van der Waals surface area contributed by atoms with Crippen LogP contribution in [0.15, 0.2) is 40.0 Å². The van der Waals surface area contributed by atoms with E-state index >= 15 is 0 Å². The van der Waals surface area contributed by atoms with E-state index < -0.39 is 0 Å². The van der Waals surface area contributed by atoms with E-state index in [0.717, 1.165) is 23.0 Å². The summed E-state index contributed by atoms with van der Waals surface area (Å²) in [5, 5.41) is 16.6. The van der Waals surface area contributed by atoms with Crippen molar-refractivity contribution in [2.75, 3.05) is 0 Å². The first-order valence-electron chi connectivity index (χ1n) is 7.45. The zero-order valence-corrected chi connectivity index (χ0v) is 13.9. The lowest BCUT2D eigenvalue weighted by molar-refractivity contribution is 0.382. The van der Waals surface area contributed by atoms with Crippen LogP contribution in [0.5, 0.6) is 0 Å². The summed E-state index contributed by atoms with van der Waals surface area (Å²) in [6, 6.07) is 10.1. The number of hydrogen-bond donors (Lipinski definition) is 0. The maximum Gasteiger partial charge on any atom is 0.237 e. The number of rotatable bonds is 7. The van der Waals surface area contributed by atoms with Gasteiger partial charge in [0.05, 0.1) is 12.3 Å². The third-order valence-electron chi connectivity index (χ3n) is 3.10. The van der Waals surface area contributed by atoms with Gasteiger partial charge in [-0.25, -0.2) is 4.68 Å². The molecule has 0 bridgehead atoms. The summed E-state index contributed by atoms with van der Waals surface area (Å²) in [5.41, 5.74) is 1.15. The van der Waals surface area contributed by atoms with Gasteiger partial charge < -0.3 is 4.52 Å². The third-order valence-corrected chi connectivity index (χ3v) is 4.04. The second-order valence-corrected chi connectivity index (χ2v) is 6.54. The molecular weight excluding hydrogens is 312 g/mol. The van der Waals surface area contributed by atoms with Crippen molar-refractivity contribution >= 4 is 11.8 Å². The van der Waals surface area contributed by atoms with Crippen molar-refractivity contribution in [3.05, 3.63) is 47.6 Å². The molecule has 7 nitrogen and oxygen atoms in total. The van der Waals surface area contributed by atoms with E-state index in [2.05, 4.69) is 39.5 Å². The van der Waals surface area contributed by atoms with Crippen LogP contribution in [-0.4, -0.2) is 30.3 Å². The summed E-state index contributed by atoms with van der Waals surface area (Å²) >= 11 is 1.49. The van der Waals surface area contributed by atoms with Crippen molar-refractivity contribution in [2.24, 2.45) is 5.92 Å². The molecule has 0 saturated heterocycles. The summed E-state index contributed by atoms with van der Waals surface area (Å²) in [6.45, 7) is 4.89. The lowest BCUT2D eigenvalue weighted by Crippen LogP contribution is -2.03. The molecule has 0 spiro atoms. The zero-order chi connectivity index (χ0) is 16.1. The van der Waals surface area contributed by atoms with Crippen LogP contribution in [0.3, 0.4) is 0 Å². The molecule has 1 aromatic carbocycles. The molecule has 0 saturated carbocycles. The maximum absolute atomic E-state index is 5.26. The molecule has 0 N–H and O–H groups in total. The largest absolute Gasteiger partial charge is 0.338 e. The highest BCUT2D eigenvalue weighted by Crippen LogP contribution is 2.20. The number of tetrazole rings is 1. The lowest BCUT2D eigenvalue weighted by atomic mass is 10.1. The number of aromatic nitrogens is 6. The summed E-state index contributed by atoms with van der Waals surface area (Å²) in [7, 11) is 0. The summed E-state index contributed by atoms with van der Waals surface area (Å²) in [5.74, 6) is 2.41. The van der Waals surface area contributed by atoms with Crippen LogP contribution in [0, 0.1) is 5.92 Å². The van der Waals surface area contributed by atoms with Gasteiger partial charge in [-0.05, 0) is 21.9 Å². The van der Waals surface area contributed by atoms with Crippen LogP contribution in [0.4, 0.5) is 0 Å². The van der Waals surface area contributed by atoms with Crippen LogP contribution < -0.4 is 0 Å². The van der Waals surface area contributed by atoms with Gasteiger partial charge in [-0.15, -0.1) is 5.10 Å². The Hall–Kier alpha value is -2.22. The fraction of sp³-hybridized carbons (Fsp3) is 0.400. The highest BCUT2D eigenvalue weighted by molar-refractivity contribution is 7.98. The Bertz CT molecular complexity index is 739. The zero-order valence-electron chi connectivity index (χ0n) is 13.1. The van der Waals surface area contributed by atoms with Crippen LogP contribution in [0.1, 0.15) is 31.1 Å². The lowest BCUT2D eigenvalue weighted by Gasteiger charge is -2.03. The Balaban J connectivity index is 1.61. The van der Waals surface area contributed by atoms with Crippen molar-refractivity contribution in [3.8, 4) is 0 Å². The third kappa shape index (κ3) is 4.38. The molecule has 0 aliphatic rings. The molecule has 8 heteroatoms. The Kier molecular flexibility index (Phi) is 5.02. The molecule has 2 aromatic heterocycles. The molecular formula is C15H18N6OS. The van der Waals surface area contributed by atoms with Gasteiger partial charge in [0.1, 0.15) is 0 Å². The number of thioether (sulfide) groups is 1. The van der Waals surface area contributed by atoms with Gasteiger partial charge in [-0.2, -0.15) is 4.98 Å². The fourth-order valence-corrected chi connectivity index (χ4v) is 2.79.